The van der Waals surface area contributed by atoms with Gasteiger partial charge in [0.1, 0.15) is 5.82 Å². The Morgan fingerprint density at radius 2 is 2.11 bits per heavy atom. The summed E-state index contributed by atoms with van der Waals surface area (Å²) < 4.78 is 13.1. The third kappa shape index (κ3) is 2.42. The molecule has 94 valence electrons. The van der Waals surface area contributed by atoms with Crippen LogP contribution in [0.2, 0.25) is 0 Å². The predicted molar refractivity (Wildman–Crippen MR) is 70.1 cm³/mol. The van der Waals surface area contributed by atoms with E-state index in [4.69, 9.17) is 0 Å². The van der Waals surface area contributed by atoms with Crippen molar-refractivity contribution in [1.29, 1.82) is 0 Å². The molecule has 0 aromatic carbocycles. The Labute approximate surface area is 109 Å². The predicted octanol–water partition coefficient (Wildman–Crippen LogP) is 2.81. The number of aromatic nitrogens is 2. The minimum Gasteiger partial charge on any atom is -0.317 e. The monoisotopic (exact) mass is 263 g/mol. The fraction of sp³-hybridized carbons (Fsp3) is 0.385. The van der Waals surface area contributed by atoms with E-state index >= 15 is 0 Å². The van der Waals surface area contributed by atoms with E-state index in [0.29, 0.717) is 5.92 Å². The first-order valence-electron chi connectivity index (χ1n) is 6.10. The van der Waals surface area contributed by atoms with Gasteiger partial charge in [-0.2, -0.15) is 0 Å². The van der Waals surface area contributed by atoms with E-state index in [0.717, 1.165) is 42.2 Å². The molecular weight excluding hydrogens is 249 g/mol. The minimum absolute atomic E-state index is 0.316. The van der Waals surface area contributed by atoms with Crippen molar-refractivity contribution < 1.29 is 4.39 Å². The van der Waals surface area contributed by atoms with E-state index in [2.05, 4.69) is 15.3 Å². The van der Waals surface area contributed by atoms with Crippen LogP contribution in [0.1, 0.15) is 23.8 Å². The van der Waals surface area contributed by atoms with Crippen LogP contribution in [0.5, 0.6) is 0 Å². The topological polar surface area (TPSA) is 37.8 Å². The van der Waals surface area contributed by atoms with Crippen LogP contribution < -0.4 is 5.32 Å². The Bertz CT molecular complexity index is 535. The molecule has 18 heavy (non-hydrogen) atoms. The van der Waals surface area contributed by atoms with Gasteiger partial charge in [-0.3, -0.25) is 4.98 Å². The molecule has 5 heteroatoms. The van der Waals surface area contributed by atoms with Crippen LogP contribution in [0.15, 0.2) is 23.8 Å². The molecule has 0 unspecified atom stereocenters. The Kier molecular flexibility index (Phi) is 3.34. The maximum absolute atomic E-state index is 13.1. The molecule has 0 bridgehead atoms. The van der Waals surface area contributed by atoms with Gasteiger partial charge < -0.3 is 5.32 Å². The van der Waals surface area contributed by atoms with E-state index in [1.807, 2.05) is 5.38 Å². The molecule has 0 spiro atoms. The van der Waals surface area contributed by atoms with Gasteiger partial charge in [-0.25, -0.2) is 9.37 Å². The highest BCUT2D eigenvalue weighted by molar-refractivity contribution is 7.10. The van der Waals surface area contributed by atoms with E-state index in [1.165, 1.54) is 12.3 Å². The van der Waals surface area contributed by atoms with Crippen LogP contribution in [0, 0.1) is 5.82 Å². The molecule has 0 radical (unpaired) electrons. The molecule has 3 heterocycles. The molecule has 3 rings (SSSR count). The lowest BCUT2D eigenvalue weighted by atomic mass is 9.99. The van der Waals surface area contributed by atoms with Crippen molar-refractivity contribution in [2.75, 3.05) is 13.1 Å². The maximum Gasteiger partial charge on any atom is 0.142 e. The standard InChI is InChI=1S/C13H14FN3S/c14-11-5-10(6-16-7-11)12-8-18-13(17-12)9-1-3-15-4-2-9/h5-9,15H,1-4H2. The first-order valence-corrected chi connectivity index (χ1v) is 6.98. The maximum atomic E-state index is 13.1. The molecule has 0 atom stereocenters. The summed E-state index contributed by atoms with van der Waals surface area (Å²) in [6.07, 6.45) is 5.14. The summed E-state index contributed by atoms with van der Waals surface area (Å²) in [7, 11) is 0. The van der Waals surface area contributed by atoms with Crippen LogP contribution in [-0.2, 0) is 0 Å². The molecule has 0 saturated carbocycles. The molecule has 2 aromatic rings. The van der Waals surface area contributed by atoms with Gasteiger partial charge in [-0.1, -0.05) is 0 Å². The summed E-state index contributed by atoms with van der Waals surface area (Å²) in [5, 5.41) is 6.50. The third-order valence-corrected chi connectivity index (χ3v) is 4.22. The minimum atomic E-state index is -0.316. The molecule has 1 fully saturated rings. The molecule has 1 aliphatic rings. The largest absolute Gasteiger partial charge is 0.317 e. The third-order valence-electron chi connectivity index (χ3n) is 3.21. The van der Waals surface area contributed by atoms with Crippen LogP contribution >= 0.6 is 11.3 Å². The average Bonchev–Trinajstić information content (AvgIpc) is 2.89. The number of piperidine rings is 1. The van der Waals surface area contributed by atoms with Crippen LogP contribution in [0.25, 0.3) is 11.3 Å². The average molecular weight is 263 g/mol. The lowest BCUT2D eigenvalue weighted by Crippen LogP contribution is -2.26. The van der Waals surface area contributed by atoms with Crippen LogP contribution in [0.4, 0.5) is 4.39 Å². The summed E-state index contributed by atoms with van der Waals surface area (Å²) in [5.74, 6) is 0.232. The smallest absolute Gasteiger partial charge is 0.142 e. The van der Waals surface area contributed by atoms with Gasteiger partial charge in [0.2, 0.25) is 0 Å². The molecule has 0 amide bonds. The Morgan fingerprint density at radius 1 is 1.28 bits per heavy atom. The molecular formula is C13H14FN3S. The molecule has 3 nitrogen and oxygen atoms in total. The van der Waals surface area contributed by atoms with E-state index < -0.39 is 0 Å². The second-order valence-electron chi connectivity index (χ2n) is 4.49. The van der Waals surface area contributed by atoms with Gasteiger partial charge >= 0.3 is 0 Å². The molecule has 1 saturated heterocycles. The van der Waals surface area contributed by atoms with Crippen LogP contribution in [-0.4, -0.2) is 23.1 Å². The lowest BCUT2D eigenvalue weighted by Gasteiger charge is -2.20. The van der Waals surface area contributed by atoms with Crippen molar-refractivity contribution in [2.24, 2.45) is 0 Å². The SMILES string of the molecule is Fc1cncc(-c2csc(C3CCNCC3)n2)c1. The fourth-order valence-electron chi connectivity index (χ4n) is 2.23. The van der Waals surface area contributed by atoms with Gasteiger partial charge in [0.15, 0.2) is 0 Å². The highest BCUT2D eigenvalue weighted by Crippen LogP contribution is 2.31. The lowest BCUT2D eigenvalue weighted by molar-refractivity contribution is 0.459. The van der Waals surface area contributed by atoms with E-state index in [1.54, 1.807) is 17.5 Å². The summed E-state index contributed by atoms with van der Waals surface area (Å²) in [6, 6.07) is 1.48. The first kappa shape index (κ1) is 11.7. The Hall–Kier alpha value is -1.33. The molecule has 2 aromatic heterocycles. The van der Waals surface area contributed by atoms with Gasteiger partial charge in [0.25, 0.3) is 0 Å². The zero-order valence-corrected chi connectivity index (χ0v) is 10.7. The van der Waals surface area contributed by atoms with Crippen molar-refractivity contribution in [1.82, 2.24) is 15.3 Å². The number of hydrogen-bond acceptors (Lipinski definition) is 4. The normalized spacial score (nSPS) is 16.9. The van der Waals surface area contributed by atoms with Crippen LogP contribution in [0.3, 0.4) is 0 Å². The van der Waals surface area contributed by atoms with E-state index in [-0.39, 0.29) is 5.82 Å². The summed E-state index contributed by atoms with van der Waals surface area (Å²) in [5.41, 5.74) is 1.59. The quantitative estimate of drug-likeness (QED) is 0.905. The van der Waals surface area contributed by atoms with Gasteiger partial charge in [0, 0.05) is 23.1 Å². The molecule has 1 N–H and O–H groups in total. The molecule has 0 aliphatic carbocycles. The van der Waals surface area contributed by atoms with Crippen molar-refractivity contribution >= 4 is 11.3 Å². The molecule has 1 aliphatic heterocycles. The Morgan fingerprint density at radius 3 is 2.89 bits per heavy atom. The number of nitrogens with one attached hydrogen (secondary N) is 1. The van der Waals surface area contributed by atoms with Gasteiger partial charge in [0.05, 0.1) is 16.9 Å². The summed E-state index contributed by atoms with van der Waals surface area (Å²) in [6.45, 7) is 2.11. The summed E-state index contributed by atoms with van der Waals surface area (Å²) in [4.78, 5) is 8.49. The number of rotatable bonds is 2. The second kappa shape index (κ2) is 5.12. The zero-order chi connectivity index (χ0) is 12.4. The number of thiazole rings is 1. The first-order chi connectivity index (χ1) is 8.83. The highest BCUT2D eigenvalue weighted by atomic mass is 32.1. The van der Waals surface area contributed by atoms with Crippen molar-refractivity contribution in [2.45, 2.75) is 18.8 Å². The number of hydrogen-bond donors (Lipinski definition) is 1. The highest BCUT2D eigenvalue weighted by Gasteiger charge is 2.18. The number of halogens is 1. The van der Waals surface area contributed by atoms with Crippen molar-refractivity contribution in [3.05, 3.63) is 34.7 Å². The van der Waals surface area contributed by atoms with E-state index in [9.17, 15) is 4.39 Å². The van der Waals surface area contributed by atoms with Crippen molar-refractivity contribution in [3.8, 4) is 11.3 Å². The Balaban J connectivity index is 1.84. The number of nitrogens with zero attached hydrogens (tertiary/aromatic N) is 2. The van der Waals surface area contributed by atoms with Gasteiger partial charge in [-0.05, 0) is 32.0 Å². The second-order valence-corrected chi connectivity index (χ2v) is 5.38. The number of pyridine rings is 1. The zero-order valence-electron chi connectivity index (χ0n) is 9.90. The van der Waals surface area contributed by atoms with Gasteiger partial charge in [-0.15, -0.1) is 11.3 Å². The van der Waals surface area contributed by atoms with Crippen molar-refractivity contribution in [3.63, 3.8) is 0 Å². The fourth-order valence-corrected chi connectivity index (χ4v) is 3.23. The summed E-state index contributed by atoms with van der Waals surface area (Å²) >= 11 is 1.67.